The Morgan fingerprint density at radius 2 is 1.85 bits per heavy atom. The number of amides is 3. The first kappa shape index (κ1) is 25.9. The van der Waals surface area contributed by atoms with Crippen LogP contribution in [0.1, 0.15) is 75.7 Å². The van der Waals surface area contributed by atoms with Crippen molar-refractivity contribution in [3.05, 3.63) is 23.3 Å². The minimum absolute atomic E-state index is 0.000856. The third-order valence-electron chi connectivity index (χ3n) is 6.47. The van der Waals surface area contributed by atoms with Crippen LogP contribution in [0.15, 0.2) is 12.1 Å². The minimum Gasteiger partial charge on any atom is -0.476 e. The van der Waals surface area contributed by atoms with Crippen LogP contribution in [0, 0.1) is 6.92 Å². The van der Waals surface area contributed by atoms with Gasteiger partial charge in [0.25, 0.3) is 18.2 Å². The molecule has 0 radical (unpaired) electrons. The normalized spacial score (nSPS) is 18.0. The van der Waals surface area contributed by atoms with Gasteiger partial charge in [-0.3, -0.25) is 19.3 Å². The van der Waals surface area contributed by atoms with Crippen molar-refractivity contribution in [2.24, 2.45) is 0 Å². The van der Waals surface area contributed by atoms with E-state index >= 15 is 0 Å². The largest absolute Gasteiger partial charge is 0.476 e. The second-order valence-corrected chi connectivity index (χ2v) is 9.93. The standard InChI is InChI=1S/C25H35F2N3O4/c1-15(2)30(17-9-7-6-8-10-17)23(32)18-12-19-20(11-16(18)3)34-25(4,5)24(33)29(19)14-22(31)28-13-21(26)27/h11-12,15,17,21H,6-10,13-14H2,1-5H3,(H,28,31). The lowest BCUT2D eigenvalue weighted by atomic mass is 9.92. The topological polar surface area (TPSA) is 79.0 Å². The molecule has 0 aromatic heterocycles. The molecule has 1 aliphatic carbocycles. The molecule has 1 saturated carbocycles. The van der Waals surface area contributed by atoms with Crippen molar-refractivity contribution >= 4 is 23.4 Å². The Balaban J connectivity index is 1.98. The van der Waals surface area contributed by atoms with Gasteiger partial charge in [-0.1, -0.05) is 19.3 Å². The first-order valence-corrected chi connectivity index (χ1v) is 12.0. The molecule has 3 amide bonds. The summed E-state index contributed by atoms with van der Waals surface area (Å²) in [5, 5.41) is 2.13. The zero-order chi connectivity index (χ0) is 25.2. The van der Waals surface area contributed by atoms with Gasteiger partial charge >= 0.3 is 0 Å². The number of rotatable bonds is 7. The molecule has 7 nitrogen and oxygen atoms in total. The number of alkyl halides is 2. The van der Waals surface area contributed by atoms with Gasteiger partial charge in [0.15, 0.2) is 5.60 Å². The Morgan fingerprint density at radius 3 is 2.44 bits per heavy atom. The number of fused-ring (bicyclic) bond motifs is 1. The van der Waals surface area contributed by atoms with Crippen LogP contribution in [0.25, 0.3) is 0 Å². The average Bonchev–Trinajstić information content (AvgIpc) is 2.75. The van der Waals surface area contributed by atoms with Gasteiger partial charge in [-0.2, -0.15) is 0 Å². The van der Waals surface area contributed by atoms with E-state index in [0.29, 0.717) is 16.9 Å². The molecular weight excluding hydrogens is 444 g/mol. The summed E-state index contributed by atoms with van der Waals surface area (Å²) in [5.41, 5.74) is 0.183. The van der Waals surface area contributed by atoms with E-state index in [1.165, 1.54) is 11.3 Å². The molecule has 1 heterocycles. The van der Waals surface area contributed by atoms with Gasteiger partial charge in [-0.25, -0.2) is 8.78 Å². The molecule has 34 heavy (non-hydrogen) atoms. The maximum atomic E-state index is 13.7. The van der Waals surface area contributed by atoms with Gasteiger partial charge in [0.2, 0.25) is 5.91 Å². The summed E-state index contributed by atoms with van der Waals surface area (Å²) in [6.45, 7) is 7.73. The van der Waals surface area contributed by atoms with E-state index in [1.54, 1.807) is 26.0 Å². The predicted octanol–water partition coefficient (Wildman–Crippen LogP) is 4.06. The van der Waals surface area contributed by atoms with Crippen molar-refractivity contribution in [3.8, 4) is 5.75 Å². The Kier molecular flexibility index (Phi) is 7.83. The van der Waals surface area contributed by atoms with Crippen LogP contribution in [-0.4, -0.2) is 59.8 Å². The zero-order valence-electron chi connectivity index (χ0n) is 20.6. The van der Waals surface area contributed by atoms with Crippen LogP contribution in [0.3, 0.4) is 0 Å². The monoisotopic (exact) mass is 479 g/mol. The molecule has 9 heteroatoms. The number of anilines is 1. The minimum atomic E-state index is -2.69. The maximum Gasteiger partial charge on any atom is 0.271 e. The third kappa shape index (κ3) is 5.50. The van der Waals surface area contributed by atoms with Gasteiger partial charge in [-0.15, -0.1) is 0 Å². The van der Waals surface area contributed by atoms with Crippen molar-refractivity contribution in [1.29, 1.82) is 0 Å². The highest BCUT2D eigenvalue weighted by Crippen LogP contribution is 2.40. The number of hydrogen-bond donors (Lipinski definition) is 1. The van der Waals surface area contributed by atoms with Crippen molar-refractivity contribution in [2.45, 2.75) is 90.8 Å². The van der Waals surface area contributed by atoms with Crippen LogP contribution in [-0.2, 0) is 9.59 Å². The van der Waals surface area contributed by atoms with Crippen LogP contribution >= 0.6 is 0 Å². The Morgan fingerprint density at radius 1 is 1.21 bits per heavy atom. The van der Waals surface area contributed by atoms with Crippen molar-refractivity contribution in [3.63, 3.8) is 0 Å². The number of aryl methyl sites for hydroxylation is 1. The number of carbonyl (C=O) groups is 3. The van der Waals surface area contributed by atoms with Gasteiger partial charge in [-0.05, 0) is 65.2 Å². The molecule has 1 aromatic carbocycles. The summed E-state index contributed by atoms with van der Waals surface area (Å²) in [6.07, 6.45) is 2.57. The SMILES string of the molecule is Cc1cc2c(cc1C(=O)N(C(C)C)C1CCCCC1)N(CC(=O)NCC(F)F)C(=O)C(C)(C)O2. The second kappa shape index (κ2) is 10.3. The van der Waals surface area contributed by atoms with Crippen molar-refractivity contribution < 1.29 is 27.9 Å². The van der Waals surface area contributed by atoms with Gasteiger partial charge in [0, 0.05) is 17.6 Å². The van der Waals surface area contributed by atoms with E-state index in [0.717, 1.165) is 25.7 Å². The lowest BCUT2D eigenvalue weighted by molar-refractivity contribution is -0.134. The van der Waals surface area contributed by atoms with Crippen molar-refractivity contribution in [2.75, 3.05) is 18.0 Å². The summed E-state index contributed by atoms with van der Waals surface area (Å²) in [6, 6.07) is 3.46. The van der Waals surface area contributed by atoms with E-state index in [1.807, 2.05) is 25.7 Å². The molecular formula is C25H35F2N3O4. The van der Waals surface area contributed by atoms with Gasteiger partial charge < -0.3 is 15.0 Å². The highest BCUT2D eigenvalue weighted by atomic mass is 19.3. The average molecular weight is 480 g/mol. The number of ether oxygens (including phenoxy) is 1. The summed E-state index contributed by atoms with van der Waals surface area (Å²) >= 11 is 0. The quantitative estimate of drug-likeness (QED) is 0.640. The fourth-order valence-corrected chi connectivity index (χ4v) is 4.81. The molecule has 1 aromatic rings. The second-order valence-electron chi connectivity index (χ2n) is 9.93. The highest BCUT2D eigenvalue weighted by molar-refractivity contribution is 6.07. The molecule has 0 unspecified atom stereocenters. The van der Waals surface area contributed by atoms with Crippen molar-refractivity contribution in [1.82, 2.24) is 10.2 Å². The fourth-order valence-electron chi connectivity index (χ4n) is 4.81. The highest BCUT2D eigenvalue weighted by Gasteiger charge is 2.42. The number of nitrogens with one attached hydrogen (secondary N) is 1. The smallest absolute Gasteiger partial charge is 0.271 e. The lowest BCUT2D eigenvalue weighted by Gasteiger charge is -2.40. The number of benzene rings is 1. The molecule has 0 saturated heterocycles. The molecule has 3 rings (SSSR count). The van der Waals surface area contributed by atoms with Gasteiger partial charge in [0.1, 0.15) is 12.3 Å². The number of carbonyl (C=O) groups excluding carboxylic acids is 3. The van der Waals surface area contributed by atoms with E-state index in [2.05, 4.69) is 5.32 Å². The molecule has 0 bridgehead atoms. The van der Waals surface area contributed by atoms with Crippen LogP contribution < -0.4 is 15.0 Å². The molecule has 1 N–H and O–H groups in total. The first-order chi connectivity index (χ1) is 15.9. The van der Waals surface area contributed by atoms with Crippen LogP contribution in [0.4, 0.5) is 14.5 Å². The molecule has 1 aliphatic heterocycles. The van der Waals surface area contributed by atoms with E-state index in [-0.39, 0.29) is 23.7 Å². The molecule has 2 aliphatic rings. The van der Waals surface area contributed by atoms with E-state index < -0.39 is 36.9 Å². The van der Waals surface area contributed by atoms with Gasteiger partial charge in [0.05, 0.1) is 12.2 Å². The van der Waals surface area contributed by atoms with Crippen LogP contribution in [0.5, 0.6) is 5.75 Å². The Labute approximate surface area is 199 Å². The fraction of sp³-hybridized carbons (Fsp3) is 0.640. The number of hydrogen-bond acceptors (Lipinski definition) is 4. The Hall–Kier alpha value is -2.71. The number of nitrogens with zero attached hydrogens (tertiary/aromatic N) is 2. The molecule has 0 spiro atoms. The third-order valence-corrected chi connectivity index (χ3v) is 6.47. The zero-order valence-corrected chi connectivity index (χ0v) is 20.6. The predicted molar refractivity (Wildman–Crippen MR) is 125 cm³/mol. The summed E-state index contributed by atoms with van der Waals surface area (Å²) in [4.78, 5) is 42.3. The van der Waals surface area contributed by atoms with Crippen LogP contribution in [0.2, 0.25) is 0 Å². The van der Waals surface area contributed by atoms with E-state index in [4.69, 9.17) is 4.74 Å². The Bertz CT molecular complexity index is 942. The molecule has 0 atom stereocenters. The number of halogens is 2. The lowest BCUT2D eigenvalue weighted by Crippen LogP contribution is -2.55. The maximum absolute atomic E-state index is 13.7. The summed E-state index contributed by atoms with van der Waals surface area (Å²) in [5.74, 6) is -0.949. The summed E-state index contributed by atoms with van der Waals surface area (Å²) < 4.78 is 31.0. The van der Waals surface area contributed by atoms with E-state index in [9.17, 15) is 23.2 Å². The first-order valence-electron chi connectivity index (χ1n) is 12.0. The molecule has 188 valence electrons. The summed E-state index contributed by atoms with van der Waals surface area (Å²) in [7, 11) is 0. The molecule has 1 fully saturated rings.